The van der Waals surface area contributed by atoms with E-state index >= 15 is 0 Å². The van der Waals surface area contributed by atoms with E-state index in [-0.39, 0.29) is 4.90 Å². The van der Waals surface area contributed by atoms with Crippen molar-refractivity contribution in [1.29, 1.82) is 0 Å². The fourth-order valence-corrected chi connectivity index (χ4v) is 3.72. The molecule has 0 amide bonds. The molecule has 0 radical (unpaired) electrons. The third-order valence-corrected chi connectivity index (χ3v) is 6.45. The minimum atomic E-state index is -5.08. The highest BCUT2D eigenvalue weighted by atomic mass is 35.5. The van der Waals surface area contributed by atoms with Gasteiger partial charge in [-0.25, -0.2) is 13.2 Å². The van der Waals surface area contributed by atoms with Crippen molar-refractivity contribution in [2.24, 2.45) is 5.73 Å². The van der Waals surface area contributed by atoms with Crippen molar-refractivity contribution in [2.45, 2.75) is 23.2 Å². The maximum atomic E-state index is 11.7. The molecule has 0 aliphatic carbocycles. The molecule has 0 saturated carbocycles. The average Bonchev–Trinajstić information content (AvgIpc) is 2.79. The normalized spacial score (nSPS) is 13.4. The van der Waals surface area contributed by atoms with Crippen molar-refractivity contribution in [1.82, 2.24) is 4.98 Å². The summed E-state index contributed by atoms with van der Waals surface area (Å²) in [6, 6.07) is 14.2. The van der Waals surface area contributed by atoms with Crippen molar-refractivity contribution in [3.05, 3.63) is 82.1 Å². The molecule has 1 aromatic heterocycles. The van der Waals surface area contributed by atoms with E-state index in [0.29, 0.717) is 26.9 Å². The molecule has 3 aromatic rings. The van der Waals surface area contributed by atoms with Crippen LogP contribution in [0.3, 0.4) is 0 Å². The Balaban J connectivity index is 0.000000540. The number of carbonyl (C=O) groups is 1. The Morgan fingerprint density at radius 3 is 2.14 bits per heavy atom. The molecule has 188 valence electrons. The SMILES string of the molecule is CS(=O)(=O)c1cccc(-c2ccc([C@H](O)[C@@H](N)c3ccc(Cl)c(Cl)c3)nc2)c1.O=C(O)C(F)(F)F. The predicted octanol–water partition coefficient (Wildman–Crippen LogP) is 4.83. The lowest BCUT2D eigenvalue weighted by molar-refractivity contribution is -0.192. The molecule has 13 heteroatoms. The van der Waals surface area contributed by atoms with Gasteiger partial charge in [0.05, 0.1) is 26.7 Å². The zero-order chi connectivity index (χ0) is 26.6. The van der Waals surface area contributed by atoms with E-state index in [1.54, 1.807) is 60.8 Å². The van der Waals surface area contributed by atoms with Gasteiger partial charge in [0.25, 0.3) is 0 Å². The number of carboxylic acid groups (broad SMARTS) is 1. The zero-order valence-electron chi connectivity index (χ0n) is 17.9. The lowest BCUT2D eigenvalue weighted by Crippen LogP contribution is -2.21. The number of alkyl halides is 3. The van der Waals surface area contributed by atoms with Gasteiger partial charge < -0.3 is 15.9 Å². The molecule has 2 aromatic carbocycles. The monoisotopic (exact) mass is 550 g/mol. The summed E-state index contributed by atoms with van der Waals surface area (Å²) in [7, 11) is -3.30. The van der Waals surface area contributed by atoms with Gasteiger partial charge in [0.15, 0.2) is 9.84 Å². The van der Waals surface area contributed by atoms with Gasteiger partial charge in [-0.2, -0.15) is 13.2 Å². The van der Waals surface area contributed by atoms with Crippen LogP contribution in [0.25, 0.3) is 11.1 Å². The van der Waals surface area contributed by atoms with Crippen LogP contribution < -0.4 is 5.73 Å². The van der Waals surface area contributed by atoms with Crippen LogP contribution >= 0.6 is 23.2 Å². The van der Waals surface area contributed by atoms with Crippen molar-refractivity contribution < 1.29 is 36.6 Å². The van der Waals surface area contributed by atoms with Crippen molar-refractivity contribution in [3.8, 4) is 11.1 Å². The molecule has 0 spiro atoms. The molecule has 0 unspecified atom stereocenters. The second kappa shape index (κ2) is 11.4. The number of hydrogen-bond acceptors (Lipinski definition) is 6. The molecule has 4 N–H and O–H groups in total. The smallest absolute Gasteiger partial charge is 0.475 e. The number of pyridine rings is 1. The summed E-state index contributed by atoms with van der Waals surface area (Å²) in [5.74, 6) is -2.76. The predicted molar refractivity (Wildman–Crippen MR) is 125 cm³/mol. The number of aliphatic carboxylic acids is 1. The van der Waals surface area contributed by atoms with Gasteiger partial charge in [-0.1, -0.05) is 47.5 Å². The maximum Gasteiger partial charge on any atom is 0.490 e. The number of carboxylic acids is 1. The Labute approximate surface area is 208 Å². The molecule has 3 rings (SSSR count). The van der Waals surface area contributed by atoms with Crippen LogP contribution in [0, 0.1) is 0 Å². The summed E-state index contributed by atoms with van der Waals surface area (Å²) >= 11 is 11.9. The number of aliphatic hydroxyl groups is 1. The van der Waals surface area contributed by atoms with Crippen molar-refractivity contribution >= 4 is 39.0 Å². The maximum absolute atomic E-state index is 11.7. The summed E-state index contributed by atoms with van der Waals surface area (Å²) in [4.78, 5) is 13.4. The number of sulfone groups is 1. The van der Waals surface area contributed by atoms with Gasteiger partial charge in [0.2, 0.25) is 0 Å². The third kappa shape index (κ3) is 7.91. The number of aromatic nitrogens is 1. The van der Waals surface area contributed by atoms with Gasteiger partial charge in [-0.3, -0.25) is 4.98 Å². The van der Waals surface area contributed by atoms with Gasteiger partial charge in [0.1, 0.15) is 6.10 Å². The van der Waals surface area contributed by atoms with E-state index in [0.717, 1.165) is 11.8 Å². The van der Waals surface area contributed by atoms with E-state index < -0.39 is 34.1 Å². The molecule has 35 heavy (non-hydrogen) atoms. The van der Waals surface area contributed by atoms with E-state index in [4.69, 9.17) is 38.8 Å². The quantitative estimate of drug-likeness (QED) is 0.414. The summed E-state index contributed by atoms with van der Waals surface area (Å²) in [5.41, 5.74) is 8.61. The Bertz CT molecular complexity index is 1300. The first kappa shape index (κ1) is 28.5. The Kier molecular flexibility index (Phi) is 9.26. The minimum Gasteiger partial charge on any atom is -0.475 e. The molecule has 0 aliphatic heterocycles. The first-order valence-electron chi connectivity index (χ1n) is 9.56. The minimum absolute atomic E-state index is 0.232. The number of nitrogens with zero attached hydrogens (tertiary/aromatic N) is 1. The van der Waals surface area contributed by atoms with Crippen LogP contribution in [-0.2, 0) is 14.6 Å². The molecule has 1 heterocycles. The van der Waals surface area contributed by atoms with Gasteiger partial charge in [0, 0.05) is 18.0 Å². The molecular weight excluding hydrogens is 532 g/mol. The van der Waals surface area contributed by atoms with Crippen LogP contribution in [0.5, 0.6) is 0 Å². The lowest BCUT2D eigenvalue weighted by atomic mass is 9.99. The zero-order valence-corrected chi connectivity index (χ0v) is 20.2. The number of aliphatic hydroxyl groups excluding tert-OH is 1. The van der Waals surface area contributed by atoms with Crippen LogP contribution in [0.2, 0.25) is 10.0 Å². The average molecular weight is 551 g/mol. The number of halogens is 5. The third-order valence-electron chi connectivity index (χ3n) is 4.60. The molecule has 0 bridgehead atoms. The van der Waals surface area contributed by atoms with E-state index in [2.05, 4.69) is 4.98 Å². The fraction of sp³-hybridized carbons (Fsp3) is 0.182. The van der Waals surface area contributed by atoms with Crippen LogP contribution in [-0.4, -0.2) is 42.0 Å². The van der Waals surface area contributed by atoms with E-state index in [9.17, 15) is 26.7 Å². The van der Waals surface area contributed by atoms with Crippen molar-refractivity contribution in [2.75, 3.05) is 6.26 Å². The summed E-state index contributed by atoms with van der Waals surface area (Å²) < 4.78 is 55.2. The highest BCUT2D eigenvalue weighted by molar-refractivity contribution is 7.90. The number of nitrogens with two attached hydrogens (primary N) is 1. The van der Waals surface area contributed by atoms with Gasteiger partial charge >= 0.3 is 12.1 Å². The standard InChI is InChI=1S/C20H18Cl2N2O3S.C2HF3O2/c1-28(26,27)15-4-2-3-12(9-15)14-6-8-18(24-11-14)20(25)19(23)13-5-7-16(21)17(22)10-13;3-2(4,5)1(6)7/h2-11,19-20,25H,23H2,1H3;(H,6,7)/t19-,20-;/m0./s1. The molecule has 0 saturated heterocycles. The van der Waals surface area contributed by atoms with Crippen LogP contribution in [0.4, 0.5) is 13.2 Å². The topological polar surface area (TPSA) is 131 Å². The summed E-state index contributed by atoms with van der Waals surface area (Å²) in [6.07, 6.45) is -3.40. The first-order chi connectivity index (χ1) is 16.1. The van der Waals surface area contributed by atoms with Crippen molar-refractivity contribution in [3.63, 3.8) is 0 Å². The summed E-state index contributed by atoms with van der Waals surface area (Å²) in [5, 5.41) is 18.5. The number of rotatable bonds is 5. The first-order valence-corrected chi connectivity index (χ1v) is 12.2. The second-order valence-corrected chi connectivity index (χ2v) is 10.0. The second-order valence-electron chi connectivity index (χ2n) is 7.22. The Hall–Kier alpha value is -2.70. The Morgan fingerprint density at radius 2 is 1.66 bits per heavy atom. The van der Waals surface area contributed by atoms with E-state index in [1.807, 2.05) is 0 Å². The fourth-order valence-electron chi connectivity index (χ4n) is 2.74. The molecule has 0 fully saturated rings. The van der Waals surface area contributed by atoms with E-state index in [1.165, 1.54) is 0 Å². The molecule has 0 aliphatic rings. The highest BCUT2D eigenvalue weighted by Gasteiger charge is 2.38. The van der Waals surface area contributed by atoms with Gasteiger partial charge in [-0.05, 0) is 41.5 Å². The highest BCUT2D eigenvalue weighted by Crippen LogP contribution is 2.31. The molecule has 2 atom stereocenters. The van der Waals surface area contributed by atoms with Crippen LogP contribution in [0.1, 0.15) is 23.4 Å². The number of benzene rings is 2. The van der Waals surface area contributed by atoms with Gasteiger partial charge in [-0.15, -0.1) is 0 Å². The molecule has 7 nitrogen and oxygen atoms in total. The largest absolute Gasteiger partial charge is 0.490 e. The Morgan fingerprint density at radius 1 is 1.03 bits per heavy atom. The lowest BCUT2D eigenvalue weighted by Gasteiger charge is -2.19. The van der Waals surface area contributed by atoms with Crippen LogP contribution in [0.15, 0.2) is 65.7 Å². The summed E-state index contributed by atoms with van der Waals surface area (Å²) in [6.45, 7) is 0. The number of hydrogen-bond donors (Lipinski definition) is 3. The molecular formula is C22H19Cl2F3N2O5S.